The van der Waals surface area contributed by atoms with E-state index >= 15 is 0 Å². The summed E-state index contributed by atoms with van der Waals surface area (Å²) in [4.78, 5) is 57.7. The lowest BCUT2D eigenvalue weighted by atomic mass is 9.89. The predicted molar refractivity (Wildman–Crippen MR) is 102 cm³/mol. The van der Waals surface area contributed by atoms with Crippen molar-refractivity contribution in [2.45, 2.75) is 53.6 Å². The molecule has 0 unspecified atom stereocenters. The Hall–Kier alpha value is -3.23. The largest absolute Gasteiger partial charge is 0.481 e. The fourth-order valence-corrected chi connectivity index (χ4v) is 2.02. The summed E-state index contributed by atoms with van der Waals surface area (Å²) >= 11 is 0. The van der Waals surface area contributed by atoms with E-state index in [0.717, 1.165) is 0 Å². The van der Waals surface area contributed by atoms with Crippen molar-refractivity contribution in [2.75, 3.05) is 5.32 Å². The topological polar surface area (TPSA) is 136 Å². The van der Waals surface area contributed by atoms with Gasteiger partial charge in [-0.3, -0.25) is 24.0 Å². The van der Waals surface area contributed by atoms with Crippen LogP contribution >= 0.6 is 0 Å². The van der Waals surface area contributed by atoms with Crippen LogP contribution in [0.15, 0.2) is 18.2 Å². The Bertz CT molecular complexity index is 813. The molecule has 9 heteroatoms. The molecular weight excluding hydrogens is 382 g/mol. The zero-order valence-corrected chi connectivity index (χ0v) is 16.9. The minimum atomic E-state index is -1.38. The zero-order valence-electron chi connectivity index (χ0n) is 16.9. The van der Waals surface area contributed by atoms with Crippen molar-refractivity contribution in [2.24, 2.45) is 5.41 Å². The third-order valence-corrected chi connectivity index (χ3v) is 4.15. The summed E-state index contributed by atoms with van der Waals surface area (Å²) in [6.45, 7) is 5.33. The molecule has 0 bridgehead atoms. The van der Waals surface area contributed by atoms with Crippen molar-refractivity contribution in [3.63, 3.8) is 0 Å². The number of carboxylic acids is 1. The van der Waals surface area contributed by atoms with Crippen LogP contribution in [0.25, 0.3) is 0 Å². The molecule has 0 aliphatic rings. The third kappa shape index (κ3) is 7.73. The highest BCUT2D eigenvalue weighted by molar-refractivity contribution is 6.03. The monoisotopic (exact) mass is 407 g/mol. The number of carbonyl (C=O) groups excluding carboxylic acids is 4. The highest BCUT2D eigenvalue weighted by Gasteiger charge is 2.35. The van der Waals surface area contributed by atoms with E-state index in [4.69, 9.17) is 14.6 Å². The van der Waals surface area contributed by atoms with Crippen LogP contribution in [0.1, 0.15) is 52.5 Å². The van der Waals surface area contributed by atoms with Crippen molar-refractivity contribution in [3.05, 3.63) is 23.8 Å². The molecule has 0 aliphatic carbocycles. The molecule has 1 aromatic carbocycles. The SMILES string of the molecule is CC(=O)OCc1ccc(OC(=O)C(C)(C)C(C)=O)c(NC(=O)CCCC(=O)O)c1. The van der Waals surface area contributed by atoms with E-state index in [-0.39, 0.29) is 43.1 Å². The minimum absolute atomic E-state index is 0.0162. The minimum Gasteiger partial charge on any atom is -0.481 e. The molecule has 0 radical (unpaired) electrons. The molecular formula is C20H25NO8. The Morgan fingerprint density at radius 3 is 2.28 bits per heavy atom. The summed E-state index contributed by atoms with van der Waals surface area (Å²) in [5, 5.41) is 11.2. The smallest absolute Gasteiger partial charge is 0.324 e. The summed E-state index contributed by atoms with van der Waals surface area (Å²) in [6, 6.07) is 4.44. The molecule has 29 heavy (non-hydrogen) atoms. The Morgan fingerprint density at radius 1 is 1.07 bits per heavy atom. The summed E-state index contributed by atoms with van der Waals surface area (Å²) in [6.07, 6.45) is -0.0673. The van der Waals surface area contributed by atoms with Crippen LogP contribution in [0.5, 0.6) is 5.75 Å². The van der Waals surface area contributed by atoms with E-state index in [1.54, 1.807) is 6.07 Å². The number of amides is 1. The van der Waals surface area contributed by atoms with Crippen molar-refractivity contribution < 1.29 is 38.6 Å². The lowest BCUT2D eigenvalue weighted by Gasteiger charge is -2.20. The molecule has 0 aromatic heterocycles. The van der Waals surface area contributed by atoms with Gasteiger partial charge in [-0.15, -0.1) is 0 Å². The number of ketones is 1. The van der Waals surface area contributed by atoms with Crippen LogP contribution in [0.4, 0.5) is 5.69 Å². The number of carboxylic acid groups (broad SMARTS) is 1. The van der Waals surface area contributed by atoms with Gasteiger partial charge in [0, 0.05) is 19.8 Å². The van der Waals surface area contributed by atoms with Crippen LogP contribution < -0.4 is 10.1 Å². The number of carbonyl (C=O) groups is 5. The second-order valence-corrected chi connectivity index (χ2v) is 6.98. The maximum Gasteiger partial charge on any atom is 0.324 e. The molecule has 1 amide bonds. The molecule has 1 rings (SSSR count). The Kier molecular flexibility index (Phi) is 8.50. The van der Waals surface area contributed by atoms with Crippen LogP contribution in [0, 0.1) is 5.41 Å². The first-order chi connectivity index (χ1) is 13.4. The molecule has 0 saturated heterocycles. The van der Waals surface area contributed by atoms with Gasteiger partial charge in [-0.2, -0.15) is 0 Å². The van der Waals surface area contributed by atoms with E-state index in [1.807, 2.05) is 0 Å². The summed E-state index contributed by atoms with van der Waals surface area (Å²) in [5.41, 5.74) is -0.700. The summed E-state index contributed by atoms with van der Waals surface area (Å²) in [5.74, 6) is -3.13. The highest BCUT2D eigenvalue weighted by Crippen LogP contribution is 2.29. The van der Waals surface area contributed by atoms with Gasteiger partial charge in [0.1, 0.15) is 17.8 Å². The van der Waals surface area contributed by atoms with Crippen LogP contribution in [-0.4, -0.2) is 34.7 Å². The van der Waals surface area contributed by atoms with Crippen LogP contribution in [0.3, 0.4) is 0 Å². The molecule has 0 fully saturated rings. The Balaban J connectivity index is 3.05. The van der Waals surface area contributed by atoms with Crippen molar-refractivity contribution in [1.29, 1.82) is 0 Å². The number of hydrogen-bond acceptors (Lipinski definition) is 7. The summed E-state index contributed by atoms with van der Waals surface area (Å²) in [7, 11) is 0. The number of anilines is 1. The number of ether oxygens (including phenoxy) is 2. The number of Topliss-reactive ketones (excluding diaryl/α,β-unsaturated/α-hetero) is 1. The van der Waals surface area contributed by atoms with Crippen molar-refractivity contribution in [3.8, 4) is 5.75 Å². The quantitative estimate of drug-likeness (QED) is 0.343. The summed E-state index contributed by atoms with van der Waals surface area (Å²) < 4.78 is 10.2. The molecule has 0 saturated carbocycles. The maximum absolute atomic E-state index is 12.4. The average Bonchev–Trinajstić information content (AvgIpc) is 2.61. The fraction of sp³-hybridized carbons (Fsp3) is 0.450. The molecule has 0 spiro atoms. The van der Waals surface area contributed by atoms with Crippen LogP contribution in [-0.2, 0) is 35.3 Å². The molecule has 2 N–H and O–H groups in total. The van der Waals surface area contributed by atoms with Crippen LogP contribution in [0.2, 0.25) is 0 Å². The Morgan fingerprint density at radius 2 is 1.72 bits per heavy atom. The van der Waals surface area contributed by atoms with Crippen molar-refractivity contribution in [1.82, 2.24) is 0 Å². The predicted octanol–water partition coefficient (Wildman–Crippen LogP) is 2.46. The third-order valence-electron chi connectivity index (χ3n) is 4.15. The van der Waals surface area contributed by atoms with Gasteiger partial charge in [0.25, 0.3) is 0 Å². The number of esters is 2. The number of nitrogens with one attached hydrogen (secondary N) is 1. The van der Waals surface area contributed by atoms with E-state index in [2.05, 4.69) is 5.32 Å². The van der Waals surface area contributed by atoms with E-state index in [9.17, 15) is 24.0 Å². The van der Waals surface area contributed by atoms with Gasteiger partial charge in [-0.1, -0.05) is 6.07 Å². The lowest BCUT2D eigenvalue weighted by molar-refractivity contribution is -0.149. The fourth-order valence-electron chi connectivity index (χ4n) is 2.02. The molecule has 9 nitrogen and oxygen atoms in total. The molecule has 158 valence electrons. The molecule has 0 atom stereocenters. The van der Waals surface area contributed by atoms with Gasteiger partial charge in [-0.05, 0) is 44.9 Å². The number of rotatable bonds is 10. The first kappa shape index (κ1) is 23.8. The zero-order chi connectivity index (χ0) is 22.2. The second-order valence-electron chi connectivity index (χ2n) is 6.98. The van der Waals surface area contributed by atoms with E-state index in [1.165, 1.54) is 39.8 Å². The number of hydrogen-bond donors (Lipinski definition) is 2. The highest BCUT2D eigenvalue weighted by atomic mass is 16.5. The van der Waals surface area contributed by atoms with Gasteiger partial charge < -0.3 is 19.9 Å². The van der Waals surface area contributed by atoms with Gasteiger partial charge in [0.05, 0.1) is 5.69 Å². The maximum atomic E-state index is 12.4. The Labute approximate surface area is 168 Å². The van der Waals surface area contributed by atoms with E-state index < -0.39 is 29.2 Å². The second kappa shape index (κ2) is 10.4. The van der Waals surface area contributed by atoms with Gasteiger partial charge in [-0.25, -0.2) is 0 Å². The number of aliphatic carboxylic acids is 1. The van der Waals surface area contributed by atoms with E-state index in [0.29, 0.717) is 5.56 Å². The molecule has 0 heterocycles. The van der Waals surface area contributed by atoms with Crippen molar-refractivity contribution >= 4 is 35.3 Å². The van der Waals surface area contributed by atoms with Gasteiger partial charge >= 0.3 is 17.9 Å². The normalized spacial score (nSPS) is 10.8. The average molecular weight is 407 g/mol. The first-order valence-electron chi connectivity index (χ1n) is 8.94. The first-order valence-corrected chi connectivity index (χ1v) is 8.94. The standard InChI is InChI=1S/C20H25NO8/c1-12(22)20(3,4)19(27)29-16-9-8-14(11-28-13(2)23)10-15(16)21-17(24)6-5-7-18(25)26/h8-10H,5-7,11H2,1-4H3,(H,21,24)(H,25,26). The van der Waals surface area contributed by atoms with Gasteiger partial charge in [0.15, 0.2) is 5.75 Å². The van der Waals surface area contributed by atoms with Gasteiger partial charge in [0.2, 0.25) is 5.91 Å². The molecule has 1 aromatic rings. The molecule has 0 aliphatic heterocycles. The number of benzene rings is 1. The lowest BCUT2D eigenvalue weighted by Crippen LogP contribution is -2.35.